The van der Waals surface area contributed by atoms with Crippen molar-refractivity contribution in [1.29, 1.82) is 0 Å². The first-order valence-electron chi connectivity index (χ1n) is 5.60. The van der Waals surface area contributed by atoms with E-state index in [1.807, 2.05) is 10.1 Å². The van der Waals surface area contributed by atoms with Gasteiger partial charge in [-0.15, -0.1) is 0 Å². The third-order valence-corrected chi connectivity index (χ3v) is 4.61. The summed E-state index contributed by atoms with van der Waals surface area (Å²) >= 11 is 13.0. The number of hydrogen-bond acceptors (Lipinski definition) is 4. The summed E-state index contributed by atoms with van der Waals surface area (Å²) < 4.78 is 25.5. The Kier molecular flexibility index (Phi) is 5.05. The number of amides is 1. The van der Waals surface area contributed by atoms with Crippen molar-refractivity contribution in [3.8, 4) is 0 Å². The van der Waals surface area contributed by atoms with Gasteiger partial charge in [-0.2, -0.15) is 11.3 Å². The van der Waals surface area contributed by atoms with E-state index in [-0.39, 0.29) is 10.6 Å². The smallest absolute Gasteiger partial charge is 0.266 e. The molecule has 0 fully saturated rings. The van der Waals surface area contributed by atoms with Crippen molar-refractivity contribution in [1.82, 2.24) is 4.72 Å². The second-order valence-corrected chi connectivity index (χ2v) is 7.15. The van der Waals surface area contributed by atoms with Gasteiger partial charge in [0.05, 0.1) is 16.0 Å². The molecule has 0 saturated carbocycles. The van der Waals surface area contributed by atoms with Crippen molar-refractivity contribution < 1.29 is 13.2 Å². The molecule has 1 heterocycles. The number of carbonyl (C=O) groups excluding carboxylic acids is 1. The molecule has 0 spiro atoms. The third kappa shape index (κ3) is 4.57. The lowest BCUT2D eigenvalue weighted by Gasteiger charge is -2.05. The maximum Gasteiger partial charge on any atom is 0.266 e. The van der Waals surface area contributed by atoms with E-state index in [9.17, 15) is 13.2 Å². The van der Waals surface area contributed by atoms with E-state index < -0.39 is 15.9 Å². The van der Waals surface area contributed by atoms with Gasteiger partial charge in [0.25, 0.3) is 15.9 Å². The number of hydrogen-bond donors (Lipinski definition) is 1. The van der Waals surface area contributed by atoms with E-state index in [4.69, 9.17) is 23.2 Å². The van der Waals surface area contributed by atoms with Crippen LogP contribution < -0.4 is 4.72 Å². The fourth-order valence-electron chi connectivity index (χ4n) is 1.43. The first-order valence-corrected chi connectivity index (χ1v) is 8.84. The van der Waals surface area contributed by atoms with Gasteiger partial charge in [0, 0.05) is 5.02 Å². The summed E-state index contributed by atoms with van der Waals surface area (Å²) in [6.45, 7) is 0. The minimum absolute atomic E-state index is 0.0357. The highest BCUT2D eigenvalue weighted by Gasteiger charge is 2.16. The lowest BCUT2D eigenvalue weighted by Crippen LogP contribution is -2.29. The molecule has 110 valence electrons. The molecule has 0 radical (unpaired) electrons. The Morgan fingerprint density at radius 3 is 2.62 bits per heavy atom. The van der Waals surface area contributed by atoms with Crippen molar-refractivity contribution in [3.05, 3.63) is 61.6 Å². The van der Waals surface area contributed by atoms with Gasteiger partial charge in [0.1, 0.15) is 0 Å². The minimum Gasteiger partial charge on any atom is -0.268 e. The van der Waals surface area contributed by atoms with Gasteiger partial charge >= 0.3 is 0 Å². The Bertz CT molecular complexity index is 784. The summed E-state index contributed by atoms with van der Waals surface area (Å²) in [5, 5.41) is 4.97. The largest absolute Gasteiger partial charge is 0.268 e. The number of sulfonamides is 1. The Morgan fingerprint density at radius 2 is 2.00 bits per heavy atom. The van der Waals surface area contributed by atoms with Crippen molar-refractivity contribution in [2.75, 3.05) is 0 Å². The molecular formula is C13H9Cl2NO3S2. The molecule has 0 unspecified atom stereocenters. The average Bonchev–Trinajstić information content (AvgIpc) is 2.88. The number of thiophene rings is 1. The molecule has 2 rings (SSSR count). The Labute approximate surface area is 136 Å². The van der Waals surface area contributed by atoms with Crippen LogP contribution in [0.5, 0.6) is 0 Å². The van der Waals surface area contributed by atoms with Gasteiger partial charge in [-0.1, -0.05) is 23.2 Å². The average molecular weight is 362 g/mol. The quantitative estimate of drug-likeness (QED) is 0.900. The van der Waals surface area contributed by atoms with Crippen LogP contribution in [0, 0.1) is 0 Å². The molecule has 4 nitrogen and oxygen atoms in total. The summed E-state index contributed by atoms with van der Waals surface area (Å²) in [5.74, 6) is -0.813. The zero-order valence-corrected chi connectivity index (χ0v) is 13.6. The van der Waals surface area contributed by atoms with E-state index in [0.717, 1.165) is 11.0 Å². The summed E-state index contributed by atoms with van der Waals surface area (Å²) in [5.41, 5.74) is 0.774. The lowest BCUT2D eigenvalue weighted by atomic mass is 10.2. The highest BCUT2D eigenvalue weighted by Crippen LogP contribution is 2.21. The molecule has 1 amide bonds. The second-order valence-electron chi connectivity index (χ2n) is 3.96. The molecule has 0 atom stereocenters. The number of nitrogens with one attached hydrogen (secondary N) is 1. The van der Waals surface area contributed by atoms with Gasteiger partial charge in [0.15, 0.2) is 0 Å². The molecule has 2 aromatic rings. The molecule has 1 aromatic heterocycles. The van der Waals surface area contributed by atoms with Crippen molar-refractivity contribution in [2.24, 2.45) is 0 Å². The van der Waals surface area contributed by atoms with Crippen LogP contribution in [-0.4, -0.2) is 14.3 Å². The summed E-state index contributed by atoms with van der Waals surface area (Å²) in [7, 11) is -3.90. The summed E-state index contributed by atoms with van der Waals surface area (Å²) in [6.07, 6.45) is 1.40. The van der Waals surface area contributed by atoms with Crippen molar-refractivity contribution in [3.63, 3.8) is 0 Å². The fraction of sp³-hybridized carbons (Fsp3) is 0. The predicted molar refractivity (Wildman–Crippen MR) is 86.2 cm³/mol. The molecule has 1 aromatic carbocycles. The maximum absolute atomic E-state index is 11.9. The molecular weight excluding hydrogens is 353 g/mol. The number of benzene rings is 1. The van der Waals surface area contributed by atoms with Crippen LogP contribution in [0.3, 0.4) is 0 Å². The van der Waals surface area contributed by atoms with Gasteiger partial charge < -0.3 is 0 Å². The normalized spacial score (nSPS) is 11.7. The van der Waals surface area contributed by atoms with Crippen LogP contribution in [-0.2, 0) is 10.0 Å². The standard InChI is InChI=1S/C13H9Cl2NO3S2/c14-10-1-2-11(12(15)7-10)13(17)16-21(18,19)6-4-9-3-5-20-8-9/h1-8H,(H,16,17)/b6-4+. The van der Waals surface area contributed by atoms with Crippen molar-refractivity contribution >= 4 is 56.5 Å². The second kappa shape index (κ2) is 6.62. The SMILES string of the molecule is O=C(NS(=O)(=O)/C=C/c1ccsc1)c1ccc(Cl)cc1Cl. The maximum atomic E-state index is 11.9. The summed E-state index contributed by atoms with van der Waals surface area (Å²) in [4.78, 5) is 11.9. The van der Waals surface area contributed by atoms with Gasteiger partial charge in [0.2, 0.25) is 0 Å². The number of rotatable bonds is 4. The molecule has 0 bridgehead atoms. The van der Waals surface area contributed by atoms with Crippen molar-refractivity contribution in [2.45, 2.75) is 0 Å². The van der Waals surface area contributed by atoms with E-state index >= 15 is 0 Å². The van der Waals surface area contributed by atoms with Gasteiger partial charge in [-0.25, -0.2) is 13.1 Å². The Hall–Kier alpha value is -1.34. The molecule has 0 saturated heterocycles. The van der Waals surface area contributed by atoms with Crippen LogP contribution in [0.25, 0.3) is 6.08 Å². The Morgan fingerprint density at radius 1 is 1.24 bits per heavy atom. The number of halogens is 2. The summed E-state index contributed by atoms with van der Waals surface area (Å²) in [6, 6.07) is 5.94. The number of carbonyl (C=O) groups is 1. The van der Waals surface area contributed by atoms with E-state index in [1.165, 1.54) is 35.6 Å². The Balaban J connectivity index is 2.14. The predicted octanol–water partition coefficient (Wildman–Crippen LogP) is 3.79. The fourth-order valence-corrected chi connectivity index (χ4v) is 3.33. The van der Waals surface area contributed by atoms with Crippen LogP contribution in [0.4, 0.5) is 0 Å². The van der Waals surface area contributed by atoms with E-state index in [2.05, 4.69) is 0 Å². The van der Waals surface area contributed by atoms with E-state index in [0.29, 0.717) is 5.02 Å². The molecule has 1 N–H and O–H groups in total. The van der Waals surface area contributed by atoms with Crippen LogP contribution in [0.2, 0.25) is 10.0 Å². The zero-order valence-electron chi connectivity index (χ0n) is 10.4. The minimum atomic E-state index is -3.90. The van der Waals surface area contributed by atoms with Crippen LogP contribution in [0.15, 0.2) is 40.4 Å². The highest BCUT2D eigenvalue weighted by atomic mass is 35.5. The monoisotopic (exact) mass is 361 g/mol. The van der Waals surface area contributed by atoms with Gasteiger partial charge in [-0.3, -0.25) is 4.79 Å². The van der Waals surface area contributed by atoms with Crippen LogP contribution in [0.1, 0.15) is 15.9 Å². The molecule has 8 heteroatoms. The molecule has 0 aliphatic heterocycles. The first-order chi connectivity index (χ1) is 9.87. The van der Waals surface area contributed by atoms with E-state index in [1.54, 1.807) is 11.4 Å². The highest BCUT2D eigenvalue weighted by molar-refractivity contribution is 7.93. The molecule has 0 aliphatic carbocycles. The first kappa shape index (κ1) is 16.0. The zero-order chi connectivity index (χ0) is 15.5. The van der Waals surface area contributed by atoms with Gasteiger partial charge in [-0.05, 0) is 46.7 Å². The lowest BCUT2D eigenvalue weighted by molar-refractivity contribution is 0.0982. The topological polar surface area (TPSA) is 63.2 Å². The molecule has 21 heavy (non-hydrogen) atoms. The van der Waals surface area contributed by atoms with Crippen LogP contribution >= 0.6 is 34.5 Å². The molecule has 0 aliphatic rings. The third-order valence-electron chi connectivity index (χ3n) is 2.39.